The van der Waals surface area contributed by atoms with Gasteiger partial charge in [-0.05, 0) is 48.5 Å². The number of pyridine rings is 4. The molecule has 4 heterocycles. The van der Waals surface area contributed by atoms with E-state index in [1.807, 2.05) is 97.6 Å². The summed E-state index contributed by atoms with van der Waals surface area (Å²) in [6, 6.07) is 32.5. The molecular weight excluding hydrogens is 905 g/mol. The first-order valence-electron chi connectivity index (χ1n) is 24.1. The van der Waals surface area contributed by atoms with E-state index in [9.17, 15) is 0 Å². The van der Waals surface area contributed by atoms with Crippen molar-refractivity contribution in [1.82, 2.24) is 19.9 Å². The smallest absolute Gasteiger partial charge is 0.127 e. The number of benzene rings is 4. The van der Waals surface area contributed by atoms with Gasteiger partial charge in [0.05, 0.1) is 28.4 Å². The molecule has 8 bridgehead atoms. The SMILES string of the molecule is COc1cc(OCc2cccnc2)c2cc1[C@H](C)c1cc(c(OC)cc1OCc1cccnc1)[C@H](C)c1cc(c(OC)cc1OCc1cccnc1)[C@H](C)c1cc(c(OC)cc1OCc1cccnc1)[C@@H]2C. The maximum atomic E-state index is 6.78. The molecule has 4 aromatic heterocycles. The number of methoxy groups -OCH3 is 4. The van der Waals surface area contributed by atoms with Crippen molar-refractivity contribution in [2.75, 3.05) is 28.4 Å². The fraction of sp³-hybridized carbons (Fsp3) is 0.267. The monoisotopic (exact) mass is 964 g/mol. The zero-order valence-corrected chi connectivity index (χ0v) is 42.0. The van der Waals surface area contributed by atoms with Gasteiger partial charge in [0.25, 0.3) is 0 Å². The molecule has 4 atom stereocenters. The van der Waals surface area contributed by atoms with Crippen molar-refractivity contribution < 1.29 is 37.9 Å². The summed E-state index contributed by atoms with van der Waals surface area (Å²) >= 11 is 0. The summed E-state index contributed by atoms with van der Waals surface area (Å²) in [6.07, 6.45) is 14.3. The lowest BCUT2D eigenvalue weighted by atomic mass is 9.80. The first-order valence-corrected chi connectivity index (χ1v) is 24.1. The number of fused-ring (bicyclic) bond motifs is 8. The molecule has 0 N–H and O–H groups in total. The Morgan fingerprint density at radius 2 is 0.514 bits per heavy atom. The Kier molecular flexibility index (Phi) is 15.1. The summed E-state index contributed by atoms with van der Waals surface area (Å²) in [5.41, 5.74) is 11.2. The number of aromatic nitrogens is 4. The van der Waals surface area contributed by atoms with E-state index in [1.165, 1.54) is 0 Å². The van der Waals surface area contributed by atoms with Crippen molar-refractivity contribution in [3.05, 3.63) is 213 Å². The van der Waals surface area contributed by atoms with Crippen LogP contribution in [0.5, 0.6) is 46.0 Å². The minimum Gasteiger partial charge on any atom is -0.496 e. The molecule has 0 spiro atoms. The number of nitrogens with zero attached hydrogens (tertiary/aromatic N) is 4. The Bertz CT molecular complexity index is 2680. The highest BCUT2D eigenvalue weighted by Gasteiger charge is 2.31. The van der Waals surface area contributed by atoms with Crippen LogP contribution in [0.3, 0.4) is 0 Å². The lowest BCUT2D eigenvalue weighted by Crippen LogP contribution is -2.13. The normalized spacial score (nSPS) is 16.0. The van der Waals surface area contributed by atoms with E-state index in [4.69, 9.17) is 37.9 Å². The molecule has 4 aromatic carbocycles. The van der Waals surface area contributed by atoms with Gasteiger partial charge in [0, 0.05) is 164 Å². The highest BCUT2D eigenvalue weighted by molar-refractivity contribution is 5.63. The van der Waals surface area contributed by atoms with E-state index in [2.05, 4.69) is 71.9 Å². The van der Waals surface area contributed by atoms with Crippen molar-refractivity contribution in [3.8, 4) is 46.0 Å². The van der Waals surface area contributed by atoms with Crippen molar-refractivity contribution in [3.63, 3.8) is 0 Å². The molecule has 0 unspecified atom stereocenters. The fourth-order valence-corrected chi connectivity index (χ4v) is 9.54. The van der Waals surface area contributed by atoms with E-state index in [1.54, 1.807) is 53.2 Å². The molecule has 0 aliphatic heterocycles. The maximum Gasteiger partial charge on any atom is 0.127 e. The molecule has 12 nitrogen and oxygen atoms in total. The standard InChI is InChI=1S/C60H60N4O8/c1-37-45-21-50(58(25-53(45)65-5)70-34-42-14-10-18-62-30-42)39(3)47-23-52(60(27-55(47)67-7)72-36-44-16-12-20-64-32-44)40(4)48-24-51(59(28-56(48)68-8)71-35-43-15-11-19-63-31-43)38(2)46-22-49(37)57(26-54(46)66-6)69-33-41-13-9-17-61-29-41/h9-32,37-40H,33-36H2,1-8H3/t37-,38-,39-,40-/m0/s1. The zero-order valence-electron chi connectivity index (χ0n) is 42.0. The lowest BCUT2D eigenvalue weighted by Gasteiger charge is -2.29. The predicted octanol–water partition coefficient (Wildman–Crippen LogP) is 12.5. The van der Waals surface area contributed by atoms with Crippen molar-refractivity contribution in [2.24, 2.45) is 0 Å². The molecule has 0 amide bonds. The van der Waals surface area contributed by atoms with Crippen LogP contribution in [0.4, 0.5) is 0 Å². The summed E-state index contributed by atoms with van der Waals surface area (Å²) in [4.78, 5) is 17.4. The number of rotatable bonds is 16. The Morgan fingerprint density at radius 1 is 0.306 bits per heavy atom. The molecule has 368 valence electrons. The van der Waals surface area contributed by atoms with Crippen LogP contribution in [0.2, 0.25) is 0 Å². The fourth-order valence-electron chi connectivity index (χ4n) is 9.54. The van der Waals surface area contributed by atoms with Gasteiger partial charge in [0.15, 0.2) is 0 Å². The molecule has 9 rings (SSSR count). The number of hydrogen-bond donors (Lipinski definition) is 0. The molecular formula is C60H60N4O8. The second-order valence-corrected chi connectivity index (χ2v) is 18.0. The third-order valence-corrected chi connectivity index (χ3v) is 13.6. The van der Waals surface area contributed by atoms with Crippen molar-refractivity contribution in [2.45, 2.75) is 77.8 Å². The molecule has 72 heavy (non-hydrogen) atoms. The summed E-state index contributed by atoms with van der Waals surface area (Å²) in [5.74, 6) is 4.20. The summed E-state index contributed by atoms with van der Waals surface area (Å²) in [6.45, 7) is 9.90. The van der Waals surface area contributed by atoms with Crippen LogP contribution in [0.15, 0.2) is 147 Å². The van der Waals surface area contributed by atoms with Crippen LogP contribution in [-0.4, -0.2) is 48.4 Å². The van der Waals surface area contributed by atoms with Gasteiger partial charge >= 0.3 is 0 Å². The maximum absolute atomic E-state index is 6.78. The Balaban J connectivity index is 1.30. The van der Waals surface area contributed by atoms with E-state index >= 15 is 0 Å². The summed E-state index contributed by atoms with van der Waals surface area (Å²) < 4.78 is 52.3. The van der Waals surface area contributed by atoms with Gasteiger partial charge in [-0.2, -0.15) is 0 Å². The average molecular weight is 965 g/mol. The Morgan fingerprint density at radius 3 is 0.694 bits per heavy atom. The van der Waals surface area contributed by atoms with E-state index < -0.39 is 0 Å². The van der Waals surface area contributed by atoms with E-state index in [0.717, 1.165) is 66.8 Å². The van der Waals surface area contributed by atoms with Gasteiger partial charge in [-0.25, -0.2) is 0 Å². The molecule has 8 aromatic rings. The lowest BCUT2D eigenvalue weighted by molar-refractivity contribution is 0.295. The Hall–Kier alpha value is -8.12. The van der Waals surface area contributed by atoms with Crippen LogP contribution < -0.4 is 37.9 Å². The van der Waals surface area contributed by atoms with Gasteiger partial charge in [-0.15, -0.1) is 0 Å². The van der Waals surface area contributed by atoms with E-state index in [-0.39, 0.29) is 23.7 Å². The molecule has 0 saturated carbocycles. The topological polar surface area (TPSA) is 125 Å². The van der Waals surface area contributed by atoms with E-state index in [0.29, 0.717) is 72.4 Å². The van der Waals surface area contributed by atoms with Gasteiger partial charge in [0.1, 0.15) is 72.4 Å². The van der Waals surface area contributed by atoms with Crippen LogP contribution in [0.1, 0.15) is 118 Å². The summed E-state index contributed by atoms with van der Waals surface area (Å²) in [5, 5.41) is 0. The minimum absolute atomic E-state index is 0.277. The quantitative estimate of drug-likeness (QED) is 0.0915. The molecule has 0 radical (unpaired) electrons. The predicted molar refractivity (Wildman–Crippen MR) is 276 cm³/mol. The highest BCUT2D eigenvalue weighted by Crippen LogP contribution is 2.51. The second-order valence-electron chi connectivity index (χ2n) is 18.0. The van der Waals surface area contributed by atoms with Gasteiger partial charge in [0.2, 0.25) is 0 Å². The highest BCUT2D eigenvalue weighted by atomic mass is 16.5. The first kappa shape index (κ1) is 48.9. The molecule has 1 aliphatic carbocycles. The van der Waals surface area contributed by atoms with Crippen molar-refractivity contribution in [1.29, 1.82) is 0 Å². The minimum atomic E-state index is -0.277. The molecule has 12 heteroatoms. The van der Waals surface area contributed by atoms with Gasteiger partial charge in [-0.1, -0.05) is 52.0 Å². The third-order valence-electron chi connectivity index (χ3n) is 13.6. The largest absolute Gasteiger partial charge is 0.496 e. The first-order chi connectivity index (χ1) is 35.2. The molecule has 0 fully saturated rings. The third kappa shape index (κ3) is 10.5. The van der Waals surface area contributed by atoms with Crippen LogP contribution in [-0.2, 0) is 26.4 Å². The average Bonchev–Trinajstić information content (AvgIpc) is 3.44. The van der Waals surface area contributed by atoms with Gasteiger partial charge < -0.3 is 37.9 Å². The van der Waals surface area contributed by atoms with Crippen molar-refractivity contribution >= 4 is 0 Å². The van der Waals surface area contributed by atoms with Crippen LogP contribution in [0.25, 0.3) is 0 Å². The Labute approximate surface area is 421 Å². The second kappa shape index (κ2) is 22.3. The van der Waals surface area contributed by atoms with Gasteiger partial charge in [-0.3, -0.25) is 19.9 Å². The molecule has 1 aliphatic rings. The number of ether oxygens (including phenoxy) is 8. The van der Waals surface area contributed by atoms with Crippen LogP contribution in [0, 0.1) is 0 Å². The summed E-state index contributed by atoms with van der Waals surface area (Å²) in [7, 11) is 6.79. The van der Waals surface area contributed by atoms with Crippen LogP contribution >= 0.6 is 0 Å². The molecule has 0 saturated heterocycles. The zero-order chi connectivity index (χ0) is 50.1. The number of hydrogen-bond acceptors (Lipinski definition) is 12.